The number of amides is 2. The Morgan fingerprint density at radius 2 is 1.65 bits per heavy atom. The fourth-order valence-corrected chi connectivity index (χ4v) is 2.00. The van der Waals surface area contributed by atoms with Crippen molar-refractivity contribution < 1.29 is 14.3 Å². The minimum atomic E-state index is -0.806. The molecular formula is C20H23N3O3. The van der Waals surface area contributed by atoms with Crippen LogP contribution in [0.15, 0.2) is 59.7 Å². The van der Waals surface area contributed by atoms with Crippen LogP contribution in [0.4, 0.5) is 0 Å². The van der Waals surface area contributed by atoms with E-state index in [-0.39, 0.29) is 0 Å². The number of ether oxygens (including phenoxy) is 1. The lowest BCUT2D eigenvalue weighted by atomic mass is 10.1. The number of carbonyl (C=O) groups excluding carboxylic acids is 2. The third kappa shape index (κ3) is 6.76. The zero-order valence-corrected chi connectivity index (χ0v) is 15.2. The molecule has 0 aliphatic carbocycles. The van der Waals surface area contributed by atoms with Crippen molar-refractivity contribution in [2.75, 3.05) is 0 Å². The molecule has 0 aliphatic heterocycles. The molecule has 0 saturated carbocycles. The molecule has 2 rings (SSSR count). The van der Waals surface area contributed by atoms with Gasteiger partial charge in [0.25, 0.3) is 0 Å². The molecule has 2 N–H and O–H groups in total. The lowest BCUT2D eigenvalue weighted by molar-refractivity contribution is -0.140. The van der Waals surface area contributed by atoms with Crippen molar-refractivity contribution in [3.8, 4) is 5.75 Å². The summed E-state index contributed by atoms with van der Waals surface area (Å²) in [5.74, 6) is -0.794. The van der Waals surface area contributed by atoms with Gasteiger partial charge < -0.3 is 10.1 Å². The summed E-state index contributed by atoms with van der Waals surface area (Å²) in [7, 11) is 0. The van der Waals surface area contributed by atoms with Gasteiger partial charge in [-0.25, -0.2) is 5.43 Å². The highest BCUT2D eigenvalue weighted by molar-refractivity contribution is 6.35. The third-order valence-corrected chi connectivity index (χ3v) is 3.20. The number of rotatable bonds is 5. The maximum absolute atomic E-state index is 11.6. The van der Waals surface area contributed by atoms with Crippen LogP contribution in [0, 0.1) is 0 Å². The molecule has 136 valence electrons. The van der Waals surface area contributed by atoms with E-state index in [1.165, 1.54) is 6.21 Å². The smallest absolute Gasteiger partial charge is 0.329 e. The molecule has 2 aromatic rings. The molecule has 2 aromatic carbocycles. The molecule has 0 aliphatic rings. The summed E-state index contributed by atoms with van der Waals surface area (Å²) >= 11 is 0. The number of nitrogens with zero attached hydrogens (tertiary/aromatic N) is 1. The normalized spacial score (nSPS) is 11.2. The first-order valence-electron chi connectivity index (χ1n) is 8.26. The van der Waals surface area contributed by atoms with E-state index in [0.29, 0.717) is 6.61 Å². The van der Waals surface area contributed by atoms with Gasteiger partial charge in [0.2, 0.25) is 0 Å². The minimum absolute atomic E-state index is 0.478. The van der Waals surface area contributed by atoms with Gasteiger partial charge in [0.1, 0.15) is 12.4 Å². The van der Waals surface area contributed by atoms with Crippen LogP contribution < -0.4 is 15.5 Å². The maximum atomic E-state index is 11.6. The Bertz CT molecular complexity index is 763. The van der Waals surface area contributed by atoms with Gasteiger partial charge in [-0.2, -0.15) is 5.10 Å². The standard InChI is InChI=1S/C20H23N3O3/c1-20(2,3)22-18(24)19(25)23-21-13-15-9-11-17(12-10-15)26-14-16-7-5-4-6-8-16/h4-13H,14H2,1-3H3,(H,22,24)(H,23,25)/b21-13-. The van der Waals surface area contributed by atoms with Gasteiger partial charge in [-0.15, -0.1) is 0 Å². The number of hydrogen-bond donors (Lipinski definition) is 2. The van der Waals surface area contributed by atoms with E-state index in [4.69, 9.17) is 4.74 Å². The average molecular weight is 353 g/mol. The molecule has 0 aromatic heterocycles. The minimum Gasteiger partial charge on any atom is -0.489 e. The molecule has 0 unspecified atom stereocenters. The molecule has 0 bridgehead atoms. The number of hydrogen-bond acceptors (Lipinski definition) is 4. The predicted octanol–water partition coefficient (Wildman–Crippen LogP) is 2.63. The second kappa shape index (κ2) is 8.80. The number of hydrazone groups is 1. The summed E-state index contributed by atoms with van der Waals surface area (Å²) in [6.45, 7) is 5.88. The first-order chi connectivity index (χ1) is 12.3. The van der Waals surface area contributed by atoms with Crippen LogP contribution in [0.3, 0.4) is 0 Å². The van der Waals surface area contributed by atoms with E-state index in [9.17, 15) is 9.59 Å². The van der Waals surface area contributed by atoms with E-state index in [2.05, 4.69) is 15.8 Å². The Kier molecular flexibility index (Phi) is 6.49. The van der Waals surface area contributed by atoms with Crippen molar-refractivity contribution in [3.05, 3.63) is 65.7 Å². The van der Waals surface area contributed by atoms with Gasteiger partial charge in [0.15, 0.2) is 0 Å². The summed E-state index contributed by atoms with van der Waals surface area (Å²) < 4.78 is 5.70. The van der Waals surface area contributed by atoms with Crippen molar-refractivity contribution in [1.82, 2.24) is 10.7 Å². The maximum Gasteiger partial charge on any atom is 0.329 e. The largest absolute Gasteiger partial charge is 0.489 e. The Hall–Kier alpha value is -3.15. The fourth-order valence-electron chi connectivity index (χ4n) is 2.00. The van der Waals surface area contributed by atoms with E-state index in [1.807, 2.05) is 54.6 Å². The van der Waals surface area contributed by atoms with Crippen LogP contribution in [-0.2, 0) is 16.2 Å². The number of nitrogens with one attached hydrogen (secondary N) is 2. The Balaban J connectivity index is 1.82. The molecule has 2 amide bonds. The van der Waals surface area contributed by atoms with Crippen LogP contribution >= 0.6 is 0 Å². The summed E-state index contributed by atoms with van der Waals surface area (Å²) in [5.41, 5.74) is 3.59. The Morgan fingerprint density at radius 3 is 2.27 bits per heavy atom. The second-order valence-corrected chi connectivity index (χ2v) is 6.75. The summed E-state index contributed by atoms with van der Waals surface area (Å²) in [4.78, 5) is 23.2. The zero-order valence-electron chi connectivity index (χ0n) is 15.2. The second-order valence-electron chi connectivity index (χ2n) is 6.75. The van der Waals surface area contributed by atoms with Gasteiger partial charge >= 0.3 is 11.8 Å². The highest BCUT2D eigenvalue weighted by Crippen LogP contribution is 2.13. The Labute approximate surface area is 153 Å². The lowest BCUT2D eigenvalue weighted by Gasteiger charge is -2.19. The Morgan fingerprint density at radius 1 is 1.00 bits per heavy atom. The molecule has 0 spiro atoms. The van der Waals surface area contributed by atoms with Crippen LogP contribution in [-0.4, -0.2) is 23.6 Å². The summed E-state index contributed by atoms with van der Waals surface area (Å²) in [6.07, 6.45) is 1.46. The first-order valence-corrected chi connectivity index (χ1v) is 8.26. The van der Waals surface area contributed by atoms with Gasteiger partial charge in [-0.05, 0) is 56.2 Å². The highest BCUT2D eigenvalue weighted by Gasteiger charge is 2.19. The van der Waals surface area contributed by atoms with E-state index in [0.717, 1.165) is 16.9 Å². The van der Waals surface area contributed by atoms with Crippen LogP contribution in [0.2, 0.25) is 0 Å². The van der Waals surface area contributed by atoms with Gasteiger partial charge in [-0.3, -0.25) is 9.59 Å². The van der Waals surface area contributed by atoms with Gasteiger partial charge in [-0.1, -0.05) is 30.3 Å². The topological polar surface area (TPSA) is 79.8 Å². The van der Waals surface area contributed by atoms with Crippen molar-refractivity contribution in [1.29, 1.82) is 0 Å². The number of benzene rings is 2. The average Bonchev–Trinajstić information content (AvgIpc) is 2.60. The van der Waals surface area contributed by atoms with Gasteiger partial charge in [0.05, 0.1) is 6.21 Å². The zero-order chi connectivity index (χ0) is 19.0. The van der Waals surface area contributed by atoms with Crippen molar-refractivity contribution >= 4 is 18.0 Å². The van der Waals surface area contributed by atoms with Gasteiger partial charge in [0, 0.05) is 5.54 Å². The first kappa shape index (κ1) is 19.2. The van der Waals surface area contributed by atoms with Crippen LogP contribution in [0.25, 0.3) is 0 Å². The highest BCUT2D eigenvalue weighted by atomic mass is 16.5. The summed E-state index contributed by atoms with van der Waals surface area (Å²) in [5, 5.41) is 6.35. The molecule has 0 fully saturated rings. The van der Waals surface area contributed by atoms with E-state index >= 15 is 0 Å². The van der Waals surface area contributed by atoms with Crippen molar-refractivity contribution in [3.63, 3.8) is 0 Å². The molecule has 26 heavy (non-hydrogen) atoms. The van der Waals surface area contributed by atoms with E-state index < -0.39 is 17.4 Å². The summed E-state index contributed by atoms with van der Waals surface area (Å²) in [6, 6.07) is 17.2. The lowest BCUT2D eigenvalue weighted by Crippen LogP contribution is -2.47. The molecule has 0 heterocycles. The van der Waals surface area contributed by atoms with E-state index in [1.54, 1.807) is 20.8 Å². The molecule has 0 saturated heterocycles. The van der Waals surface area contributed by atoms with Crippen molar-refractivity contribution in [2.45, 2.75) is 32.9 Å². The van der Waals surface area contributed by atoms with Crippen LogP contribution in [0.1, 0.15) is 31.9 Å². The van der Waals surface area contributed by atoms with Crippen molar-refractivity contribution in [2.24, 2.45) is 5.10 Å². The number of carbonyl (C=O) groups is 2. The van der Waals surface area contributed by atoms with Crippen LogP contribution in [0.5, 0.6) is 5.75 Å². The predicted molar refractivity (Wildman–Crippen MR) is 101 cm³/mol. The molecule has 6 heteroatoms. The fraction of sp³-hybridized carbons (Fsp3) is 0.250. The monoisotopic (exact) mass is 353 g/mol. The quantitative estimate of drug-likeness (QED) is 0.493. The molecule has 0 radical (unpaired) electrons. The molecule has 6 nitrogen and oxygen atoms in total. The third-order valence-electron chi connectivity index (χ3n) is 3.20. The SMILES string of the molecule is CC(C)(C)NC(=O)C(=O)N/N=C\c1ccc(OCc2ccccc2)cc1. The molecular weight excluding hydrogens is 330 g/mol. The molecule has 0 atom stereocenters.